The number of thiophene rings is 1. The molecule has 1 unspecified atom stereocenters. The largest absolute Gasteiger partial charge is 0.467 e. The predicted molar refractivity (Wildman–Crippen MR) is 115 cm³/mol. The molecule has 31 heavy (non-hydrogen) atoms. The Morgan fingerprint density at radius 3 is 2.90 bits per heavy atom. The number of imide groups is 1. The van der Waals surface area contributed by atoms with Crippen LogP contribution in [0, 0.1) is 13.8 Å². The SMILES string of the molecule is Cc1cc(C(=O)CN2C(=O)NC3(CCCc4sccc43)C2=O)c(C)n1Cc1ccco1. The van der Waals surface area contributed by atoms with E-state index >= 15 is 0 Å². The van der Waals surface area contributed by atoms with Gasteiger partial charge in [0.15, 0.2) is 5.78 Å². The Kier molecular flexibility index (Phi) is 4.62. The van der Waals surface area contributed by atoms with E-state index in [1.165, 1.54) is 0 Å². The van der Waals surface area contributed by atoms with Crippen molar-refractivity contribution in [3.05, 3.63) is 69.1 Å². The standard InChI is InChI=1S/C23H23N3O4S/c1-14-11-17(15(2)25(14)12-16-5-4-9-30-16)19(27)13-26-21(28)23(24-22(26)29)8-3-6-20-18(23)7-10-31-20/h4-5,7,9-11H,3,6,8,12-13H2,1-2H3,(H,24,29). The fourth-order valence-corrected chi connectivity index (χ4v) is 5.80. The van der Waals surface area contributed by atoms with E-state index in [0.717, 1.165) is 45.3 Å². The first kappa shape index (κ1) is 19.8. The Hall–Kier alpha value is -3.13. The molecule has 1 fully saturated rings. The van der Waals surface area contributed by atoms with Gasteiger partial charge in [-0.3, -0.25) is 14.5 Å². The van der Waals surface area contributed by atoms with Crippen molar-refractivity contribution in [2.75, 3.05) is 6.54 Å². The zero-order valence-electron chi connectivity index (χ0n) is 17.4. The third-order valence-electron chi connectivity index (χ3n) is 6.41. The zero-order chi connectivity index (χ0) is 21.8. The van der Waals surface area contributed by atoms with Crippen LogP contribution in [0.2, 0.25) is 0 Å². The van der Waals surface area contributed by atoms with Crippen LogP contribution in [0.5, 0.6) is 0 Å². The van der Waals surface area contributed by atoms with Crippen LogP contribution >= 0.6 is 11.3 Å². The maximum Gasteiger partial charge on any atom is 0.325 e. The molecule has 1 N–H and O–H groups in total. The molecule has 2 aliphatic rings. The van der Waals surface area contributed by atoms with Crippen molar-refractivity contribution in [1.29, 1.82) is 0 Å². The number of aryl methyl sites for hydroxylation is 2. The number of carbonyl (C=O) groups excluding carboxylic acids is 3. The zero-order valence-corrected chi connectivity index (χ0v) is 18.3. The second kappa shape index (κ2) is 7.23. The summed E-state index contributed by atoms with van der Waals surface area (Å²) in [5, 5.41) is 4.86. The van der Waals surface area contributed by atoms with E-state index in [4.69, 9.17) is 4.42 Å². The summed E-state index contributed by atoms with van der Waals surface area (Å²) in [4.78, 5) is 41.5. The molecule has 1 aliphatic carbocycles. The number of hydrogen-bond donors (Lipinski definition) is 1. The highest BCUT2D eigenvalue weighted by molar-refractivity contribution is 7.10. The van der Waals surface area contributed by atoms with Gasteiger partial charge in [0, 0.05) is 27.4 Å². The van der Waals surface area contributed by atoms with Crippen LogP contribution in [-0.2, 0) is 23.3 Å². The number of rotatable bonds is 5. The third-order valence-corrected chi connectivity index (χ3v) is 7.39. The summed E-state index contributed by atoms with van der Waals surface area (Å²) < 4.78 is 7.43. The van der Waals surface area contributed by atoms with Gasteiger partial charge in [0.2, 0.25) is 0 Å². The number of amides is 3. The van der Waals surface area contributed by atoms with Gasteiger partial charge < -0.3 is 14.3 Å². The lowest BCUT2D eigenvalue weighted by Crippen LogP contribution is -2.46. The summed E-state index contributed by atoms with van der Waals surface area (Å²) in [6.45, 7) is 4.05. The Labute approximate surface area is 183 Å². The molecule has 0 aromatic carbocycles. The van der Waals surface area contributed by atoms with Crippen LogP contribution in [0.3, 0.4) is 0 Å². The Morgan fingerprint density at radius 2 is 2.13 bits per heavy atom. The van der Waals surface area contributed by atoms with E-state index in [2.05, 4.69) is 5.32 Å². The van der Waals surface area contributed by atoms with Crippen LogP contribution in [-0.4, -0.2) is 33.7 Å². The van der Waals surface area contributed by atoms with E-state index in [1.54, 1.807) is 17.6 Å². The first-order valence-corrected chi connectivity index (χ1v) is 11.2. The van der Waals surface area contributed by atoms with Crippen molar-refractivity contribution in [2.45, 2.75) is 45.2 Å². The first-order chi connectivity index (χ1) is 14.9. The number of ketones is 1. The number of nitrogens with one attached hydrogen (secondary N) is 1. The minimum absolute atomic E-state index is 0.249. The van der Waals surface area contributed by atoms with Crippen molar-refractivity contribution in [3.8, 4) is 0 Å². The minimum atomic E-state index is -1.03. The lowest BCUT2D eigenvalue weighted by Gasteiger charge is -2.31. The number of furan rings is 1. The predicted octanol–water partition coefficient (Wildman–Crippen LogP) is 3.77. The molecule has 160 valence electrons. The van der Waals surface area contributed by atoms with E-state index in [0.29, 0.717) is 18.5 Å². The summed E-state index contributed by atoms with van der Waals surface area (Å²) in [6.07, 6.45) is 3.92. The Morgan fingerprint density at radius 1 is 1.29 bits per heavy atom. The molecule has 0 radical (unpaired) electrons. The van der Waals surface area contributed by atoms with E-state index in [1.807, 2.05) is 48.1 Å². The van der Waals surface area contributed by atoms with Crippen molar-refractivity contribution in [3.63, 3.8) is 0 Å². The van der Waals surface area contributed by atoms with Gasteiger partial charge >= 0.3 is 6.03 Å². The second-order valence-electron chi connectivity index (χ2n) is 8.21. The number of nitrogens with zero attached hydrogens (tertiary/aromatic N) is 2. The summed E-state index contributed by atoms with van der Waals surface area (Å²) >= 11 is 1.61. The van der Waals surface area contributed by atoms with Gasteiger partial charge in [0.05, 0.1) is 19.4 Å². The number of urea groups is 1. The molecule has 8 heteroatoms. The number of Topliss-reactive ketones (excluding diaryl/α,β-unsaturated/α-hetero) is 1. The molecule has 3 aromatic rings. The molecule has 1 atom stereocenters. The monoisotopic (exact) mass is 437 g/mol. The molecule has 0 bridgehead atoms. The molecule has 3 amide bonds. The highest BCUT2D eigenvalue weighted by Crippen LogP contribution is 2.42. The number of aromatic nitrogens is 1. The van der Waals surface area contributed by atoms with Crippen LogP contribution in [0.15, 0.2) is 40.3 Å². The highest BCUT2D eigenvalue weighted by Gasteiger charge is 2.54. The minimum Gasteiger partial charge on any atom is -0.467 e. The van der Waals surface area contributed by atoms with E-state index in [-0.39, 0.29) is 18.2 Å². The van der Waals surface area contributed by atoms with E-state index < -0.39 is 11.6 Å². The first-order valence-electron chi connectivity index (χ1n) is 10.3. The molecule has 5 rings (SSSR count). The number of fused-ring (bicyclic) bond motifs is 2. The van der Waals surface area contributed by atoms with Crippen LogP contribution in [0.25, 0.3) is 0 Å². The molecular formula is C23H23N3O4S. The number of hydrogen-bond acceptors (Lipinski definition) is 5. The fourth-order valence-electron chi connectivity index (χ4n) is 4.80. The lowest BCUT2D eigenvalue weighted by atomic mass is 9.80. The van der Waals surface area contributed by atoms with E-state index in [9.17, 15) is 14.4 Å². The Balaban J connectivity index is 1.39. The van der Waals surface area contributed by atoms with Crippen LogP contribution in [0.4, 0.5) is 4.79 Å². The molecule has 7 nitrogen and oxygen atoms in total. The molecule has 3 aromatic heterocycles. The summed E-state index contributed by atoms with van der Waals surface area (Å²) in [5.74, 6) is 0.219. The number of carbonyl (C=O) groups is 3. The maximum absolute atomic E-state index is 13.4. The smallest absolute Gasteiger partial charge is 0.325 e. The van der Waals surface area contributed by atoms with Gasteiger partial charge in [-0.2, -0.15) is 0 Å². The molecule has 0 saturated carbocycles. The summed E-state index contributed by atoms with van der Waals surface area (Å²) in [6, 6.07) is 6.95. The molecule has 1 spiro atoms. The normalized spacial score (nSPS) is 20.4. The van der Waals surface area contributed by atoms with Gasteiger partial charge in [0.1, 0.15) is 11.3 Å². The highest BCUT2D eigenvalue weighted by atomic mass is 32.1. The van der Waals surface area contributed by atoms with Crippen molar-refractivity contribution in [1.82, 2.24) is 14.8 Å². The molecule has 1 aliphatic heterocycles. The molecule has 1 saturated heterocycles. The lowest BCUT2D eigenvalue weighted by molar-refractivity contribution is -0.131. The van der Waals surface area contributed by atoms with Gasteiger partial charge in [0.25, 0.3) is 5.91 Å². The topological polar surface area (TPSA) is 84.5 Å². The van der Waals surface area contributed by atoms with Crippen LogP contribution < -0.4 is 5.32 Å². The van der Waals surface area contributed by atoms with Gasteiger partial charge in [-0.25, -0.2) is 4.79 Å². The van der Waals surface area contributed by atoms with Gasteiger partial charge in [-0.1, -0.05) is 0 Å². The molecule has 4 heterocycles. The van der Waals surface area contributed by atoms with Crippen molar-refractivity contribution in [2.24, 2.45) is 0 Å². The summed E-state index contributed by atoms with van der Waals surface area (Å²) in [7, 11) is 0. The average molecular weight is 438 g/mol. The van der Waals surface area contributed by atoms with Crippen molar-refractivity contribution < 1.29 is 18.8 Å². The van der Waals surface area contributed by atoms with Crippen molar-refractivity contribution >= 4 is 29.1 Å². The quantitative estimate of drug-likeness (QED) is 0.486. The fraction of sp³-hybridized carbons (Fsp3) is 0.348. The summed E-state index contributed by atoms with van der Waals surface area (Å²) in [5.41, 5.74) is 2.08. The molecular weight excluding hydrogens is 414 g/mol. The third kappa shape index (κ3) is 3.05. The average Bonchev–Trinajstić information content (AvgIpc) is 3.52. The second-order valence-corrected chi connectivity index (χ2v) is 9.21. The van der Waals surface area contributed by atoms with Crippen LogP contribution in [0.1, 0.15) is 50.8 Å². The van der Waals surface area contributed by atoms with Gasteiger partial charge in [-0.15, -0.1) is 11.3 Å². The van der Waals surface area contributed by atoms with Gasteiger partial charge in [-0.05, 0) is 62.8 Å². The maximum atomic E-state index is 13.4. The Bertz CT molecular complexity index is 1190.